The quantitative estimate of drug-likeness (QED) is 0.621. The van der Waals surface area contributed by atoms with Gasteiger partial charge in [-0.15, -0.1) is 0 Å². The van der Waals surface area contributed by atoms with Gasteiger partial charge < -0.3 is 15.5 Å². The molecular weight excluding hydrogens is 182 g/mol. The van der Waals surface area contributed by atoms with Crippen LogP contribution in [0.5, 0.6) is 0 Å². The number of nitrogens with one attached hydrogen (secondary N) is 1. The van der Waals surface area contributed by atoms with Gasteiger partial charge in [-0.05, 0) is 12.1 Å². The van der Waals surface area contributed by atoms with Crippen molar-refractivity contribution in [2.75, 3.05) is 13.2 Å². The summed E-state index contributed by atoms with van der Waals surface area (Å²) in [6.45, 7) is -0.292. The summed E-state index contributed by atoms with van der Waals surface area (Å²) < 4.78 is 0. The normalized spacial score (nSPS) is 12.1. The van der Waals surface area contributed by atoms with Crippen LogP contribution in [0.15, 0.2) is 30.3 Å². The molecule has 1 aromatic carbocycles. The molecule has 14 heavy (non-hydrogen) atoms. The lowest BCUT2D eigenvalue weighted by atomic mass is 10.2. The van der Waals surface area contributed by atoms with Crippen molar-refractivity contribution in [3.05, 3.63) is 35.9 Å². The highest BCUT2D eigenvalue weighted by Gasteiger charge is 2.06. The van der Waals surface area contributed by atoms with E-state index < -0.39 is 6.10 Å². The van der Waals surface area contributed by atoms with Crippen LogP contribution in [0.4, 0.5) is 0 Å². The van der Waals surface area contributed by atoms with Gasteiger partial charge in [-0.3, -0.25) is 4.79 Å². The Morgan fingerprint density at radius 1 is 1.36 bits per heavy atom. The molecule has 1 amide bonds. The highest BCUT2D eigenvalue weighted by Crippen LogP contribution is 1.97. The minimum absolute atomic E-state index is 0.0597. The third-order valence-corrected chi connectivity index (χ3v) is 1.74. The number of aliphatic hydroxyl groups is 2. The van der Waals surface area contributed by atoms with Gasteiger partial charge in [-0.25, -0.2) is 0 Å². The fraction of sp³-hybridized carbons (Fsp3) is 0.300. The Bertz CT molecular complexity index is 287. The monoisotopic (exact) mass is 195 g/mol. The molecule has 76 valence electrons. The molecule has 0 saturated carbocycles. The van der Waals surface area contributed by atoms with E-state index in [2.05, 4.69) is 5.32 Å². The van der Waals surface area contributed by atoms with Crippen molar-refractivity contribution in [2.45, 2.75) is 6.10 Å². The van der Waals surface area contributed by atoms with E-state index in [-0.39, 0.29) is 19.1 Å². The average molecular weight is 195 g/mol. The molecule has 1 atom stereocenters. The van der Waals surface area contributed by atoms with Crippen LogP contribution < -0.4 is 5.32 Å². The molecule has 3 N–H and O–H groups in total. The minimum atomic E-state index is -0.900. The lowest BCUT2D eigenvalue weighted by molar-refractivity contribution is 0.0802. The summed E-state index contributed by atoms with van der Waals surface area (Å²) in [6, 6.07) is 8.70. The molecule has 0 bridgehead atoms. The second-order valence-corrected chi connectivity index (χ2v) is 2.91. The molecule has 1 aromatic rings. The number of carbonyl (C=O) groups excluding carboxylic acids is 1. The lowest BCUT2D eigenvalue weighted by Gasteiger charge is -2.08. The van der Waals surface area contributed by atoms with E-state index in [0.717, 1.165) is 0 Å². The summed E-state index contributed by atoms with van der Waals surface area (Å²) in [5.41, 5.74) is 0.539. The first-order valence-corrected chi connectivity index (χ1v) is 4.36. The van der Waals surface area contributed by atoms with E-state index in [1.165, 1.54) is 0 Å². The van der Waals surface area contributed by atoms with E-state index in [4.69, 9.17) is 10.2 Å². The zero-order chi connectivity index (χ0) is 10.4. The van der Waals surface area contributed by atoms with Crippen molar-refractivity contribution in [2.24, 2.45) is 0 Å². The third-order valence-electron chi connectivity index (χ3n) is 1.74. The maximum atomic E-state index is 11.4. The Balaban J connectivity index is 2.44. The van der Waals surface area contributed by atoms with Gasteiger partial charge in [0.25, 0.3) is 5.91 Å². The van der Waals surface area contributed by atoms with Gasteiger partial charge in [-0.2, -0.15) is 0 Å². The SMILES string of the molecule is O=C(NC[C@@H](O)CO)c1ccccc1. The predicted molar refractivity (Wildman–Crippen MR) is 51.9 cm³/mol. The maximum Gasteiger partial charge on any atom is 0.251 e. The van der Waals surface area contributed by atoms with E-state index in [0.29, 0.717) is 5.56 Å². The number of rotatable bonds is 4. The molecule has 0 aromatic heterocycles. The third kappa shape index (κ3) is 3.16. The van der Waals surface area contributed by atoms with E-state index >= 15 is 0 Å². The van der Waals surface area contributed by atoms with Gasteiger partial charge in [0.1, 0.15) is 0 Å². The van der Waals surface area contributed by atoms with E-state index in [1.54, 1.807) is 24.3 Å². The summed E-state index contributed by atoms with van der Waals surface area (Å²) in [4.78, 5) is 11.4. The summed E-state index contributed by atoms with van der Waals surface area (Å²) in [5, 5.41) is 20.0. The smallest absolute Gasteiger partial charge is 0.251 e. The van der Waals surface area contributed by atoms with Gasteiger partial charge in [0.15, 0.2) is 0 Å². The highest BCUT2D eigenvalue weighted by molar-refractivity contribution is 5.94. The van der Waals surface area contributed by atoms with Crippen LogP contribution in [0.3, 0.4) is 0 Å². The highest BCUT2D eigenvalue weighted by atomic mass is 16.3. The van der Waals surface area contributed by atoms with Gasteiger partial charge in [-0.1, -0.05) is 18.2 Å². The Morgan fingerprint density at radius 3 is 2.57 bits per heavy atom. The fourth-order valence-corrected chi connectivity index (χ4v) is 0.967. The van der Waals surface area contributed by atoms with Crippen LogP contribution in [-0.2, 0) is 0 Å². The Kier molecular flexibility index (Phi) is 4.10. The zero-order valence-electron chi connectivity index (χ0n) is 7.68. The molecule has 0 aliphatic carbocycles. The molecule has 0 spiro atoms. The van der Waals surface area contributed by atoms with Crippen LogP contribution in [0.2, 0.25) is 0 Å². The summed E-state index contributed by atoms with van der Waals surface area (Å²) in [6.07, 6.45) is -0.900. The number of hydrogen-bond donors (Lipinski definition) is 3. The minimum Gasteiger partial charge on any atom is -0.394 e. The summed E-state index contributed by atoms with van der Waals surface area (Å²) in [5.74, 6) is -0.252. The predicted octanol–water partition coefficient (Wildman–Crippen LogP) is -0.230. The van der Waals surface area contributed by atoms with E-state index in [9.17, 15) is 4.79 Å². The second kappa shape index (κ2) is 5.36. The maximum absolute atomic E-state index is 11.4. The van der Waals surface area contributed by atoms with Gasteiger partial charge in [0.05, 0.1) is 12.7 Å². The molecule has 4 nitrogen and oxygen atoms in total. The number of hydrogen-bond acceptors (Lipinski definition) is 3. The number of benzene rings is 1. The Hall–Kier alpha value is -1.39. The Morgan fingerprint density at radius 2 is 2.00 bits per heavy atom. The molecule has 0 aliphatic heterocycles. The number of carbonyl (C=O) groups is 1. The summed E-state index contributed by atoms with van der Waals surface area (Å²) >= 11 is 0. The van der Waals surface area contributed by atoms with Crippen molar-refractivity contribution in [3.8, 4) is 0 Å². The van der Waals surface area contributed by atoms with Crippen LogP contribution >= 0.6 is 0 Å². The van der Waals surface area contributed by atoms with Crippen molar-refractivity contribution >= 4 is 5.91 Å². The van der Waals surface area contributed by atoms with Crippen LogP contribution in [0, 0.1) is 0 Å². The van der Waals surface area contributed by atoms with Crippen molar-refractivity contribution < 1.29 is 15.0 Å². The first-order valence-electron chi connectivity index (χ1n) is 4.36. The number of amides is 1. The second-order valence-electron chi connectivity index (χ2n) is 2.91. The van der Waals surface area contributed by atoms with Crippen LogP contribution in [-0.4, -0.2) is 35.4 Å². The van der Waals surface area contributed by atoms with Gasteiger partial charge in [0.2, 0.25) is 0 Å². The van der Waals surface area contributed by atoms with Crippen LogP contribution in [0.1, 0.15) is 10.4 Å². The van der Waals surface area contributed by atoms with Crippen molar-refractivity contribution in [1.29, 1.82) is 0 Å². The first-order chi connectivity index (χ1) is 6.74. The standard InChI is InChI=1S/C10H13NO3/c12-7-9(13)6-11-10(14)8-4-2-1-3-5-8/h1-5,9,12-13H,6-7H2,(H,11,14)/t9-/m1/s1. The van der Waals surface area contributed by atoms with Crippen molar-refractivity contribution in [3.63, 3.8) is 0 Å². The molecule has 0 radical (unpaired) electrons. The number of aliphatic hydroxyl groups excluding tert-OH is 2. The van der Waals surface area contributed by atoms with Crippen LogP contribution in [0.25, 0.3) is 0 Å². The molecule has 4 heteroatoms. The molecule has 0 saturated heterocycles. The molecule has 0 aliphatic rings. The summed E-state index contributed by atoms with van der Waals surface area (Å²) in [7, 11) is 0. The van der Waals surface area contributed by atoms with E-state index in [1.807, 2.05) is 6.07 Å². The molecule has 0 unspecified atom stereocenters. The fourth-order valence-electron chi connectivity index (χ4n) is 0.967. The average Bonchev–Trinajstić information content (AvgIpc) is 2.26. The zero-order valence-corrected chi connectivity index (χ0v) is 7.68. The largest absolute Gasteiger partial charge is 0.394 e. The van der Waals surface area contributed by atoms with Crippen molar-refractivity contribution in [1.82, 2.24) is 5.32 Å². The van der Waals surface area contributed by atoms with Gasteiger partial charge in [0, 0.05) is 12.1 Å². The molecular formula is C10H13NO3. The molecule has 1 rings (SSSR count). The van der Waals surface area contributed by atoms with Gasteiger partial charge >= 0.3 is 0 Å². The lowest BCUT2D eigenvalue weighted by Crippen LogP contribution is -2.33. The topological polar surface area (TPSA) is 69.6 Å². The Labute approximate surface area is 82.2 Å². The first kappa shape index (κ1) is 10.7. The molecule has 0 fully saturated rings. The molecule has 0 heterocycles.